The number of ether oxygens (including phenoxy) is 1. The molecule has 1 unspecified atom stereocenters. The molecule has 1 aromatic carbocycles. The number of nitrogens with zero attached hydrogens (tertiary/aromatic N) is 5. The van der Waals surface area contributed by atoms with Crippen LogP contribution in [0.2, 0.25) is 0 Å². The van der Waals surface area contributed by atoms with Crippen molar-refractivity contribution in [3.05, 3.63) is 89.5 Å². The smallest absolute Gasteiger partial charge is 0.223 e. The number of hydrogen-bond acceptors (Lipinski definition) is 7. The topological polar surface area (TPSA) is 110 Å². The van der Waals surface area contributed by atoms with E-state index < -0.39 is 16.8 Å². The number of aromatic nitrogens is 6. The largest absolute Gasteiger partial charge is 0.435 e. The number of benzene rings is 1. The maximum absolute atomic E-state index is 15.0. The summed E-state index contributed by atoms with van der Waals surface area (Å²) in [6.45, 7) is 7.46. The van der Waals surface area contributed by atoms with Crippen LogP contribution >= 0.6 is 0 Å². The lowest BCUT2D eigenvalue weighted by atomic mass is 9.69. The summed E-state index contributed by atoms with van der Waals surface area (Å²) in [7, 11) is 0. The average Bonchev–Trinajstić information content (AvgIpc) is 3.32. The highest BCUT2D eigenvalue weighted by molar-refractivity contribution is 5.66. The van der Waals surface area contributed by atoms with Crippen molar-refractivity contribution in [2.24, 2.45) is 0 Å². The third-order valence-electron chi connectivity index (χ3n) is 6.86. The van der Waals surface area contributed by atoms with Gasteiger partial charge in [-0.3, -0.25) is 4.98 Å². The molecule has 1 aliphatic rings. The number of H-pyrrole nitrogens is 1. The summed E-state index contributed by atoms with van der Waals surface area (Å²) in [5, 5.41) is 10.2. The first-order valence-corrected chi connectivity index (χ1v) is 12.0. The van der Waals surface area contributed by atoms with Gasteiger partial charge in [0.2, 0.25) is 5.88 Å². The number of para-hydroxylation sites is 1. The Balaban J connectivity index is 1.48. The van der Waals surface area contributed by atoms with Gasteiger partial charge in [-0.25, -0.2) is 24.3 Å². The number of aliphatic hydroxyl groups is 1. The molecule has 0 saturated carbocycles. The molecule has 4 aromatic heterocycles. The molecule has 0 radical (unpaired) electrons. The molecule has 0 fully saturated rings. The Morgan fingerprint density at radius 1 is 0.919 bits per heavy atom. The Kier molecular flexibility index (Phi) is 5.10. The van der Waals surface area contributed by atoms with E-state index in [1.807, 2.05) is 38.1 Å². The summed E-state index contributed by atoms with van der Waals surface area (Å²) in [5.74, 6) is 0.380. The first-order valence-electron chi connectivity index (χ1n) is 12.0. The molecule has 9 heteroatoms. The third kappa shape index (κ3) is 3.82. The van der Waals surface area contributed by atoms with E-state index in [0.717, 1.165) is 11.1 Å². The number of imidazole rings is 1. The van der Waals surface area contributed by atoms with Crippen molar-refractivity contribution in [3.8, 4) is 22.9 Å². The van der Waals surface area contributed by atoms with Gasteiger partial charge in [0.1, 0.15) is 11.4 Å². The molecule has 5 aromatic rings. The van der Waals surface area contributed by atoms with Gasteiger partial charge in [0.05, 0.1) is 11.4 Å². The second-order valence-corrected chi connectivity index (χ2v) is 10.3. The van der Waals surface area contributed by atoms with Gasteiger partial charge >= 0.3 is 0 Å². The Labute approximate surface area is 212 Å². The van der Waals surface area contributed by atoms with Gasteiger partial charge in [-0.05, 0) is 38.1 Å². The van der Waals surface area contributed by atoms with E-state index in [1.165, 1.54) is 6.07 Å². The fourth-order valence-corrected chi connectivity index (χ4v) is 4.91. The lowest BCUT2D eigenvalue weighted by molar-refractivity contribution is 0.0739. The molecule has 0 bridgehead atoms. The highest BCUT2D eigenvalue weighted by Crippen LogP contribution is 2.52. The standard InChI is InChI=1S/C28H25FN6O2/c1-27(2,26-34-23-24(35-26)31-13-12-30-23)21-16-6-5-7-18(29)22(16)37-25-17(21)9-10-19(33-25)15-8-11-20(32-14-15)28(3,4)36/h5-14,21,36H,1-4H3,(H,30,31,34,35). The summed E-state index contributed by atoms with van der Waals surface area (Å²) in [4.78, 5) is 25.8. The predicted molar refractivity (Wildman–Crippen MR) is 136 cm³/mol. The lowest BCUT2D eigenvalue weighted by Gasteiger charge is -2.37. The molecule has 1 atom stereocenters. The summed E-state index contributed by atoms with van der Waals surface area (Å²) >= 11 is 0. The normalized spacial score (nSPS) is 15.2. The Hall–Kier alpha value is -4.24. The zero-order valence-electron chi connectivity index (χ0n) is 20.8. The minimum absolute atomic E-state index is 0.153. The summed E-state index contributed by atoms with van der Waals surface area (Å²) < 4.78 is 21.1. The first-order chi connectivity index (χ1) is 17.6. The van der Waals surface area contributed by atoms with E-state index in [4.69, 9.17) is 14.7 Å². The summed E-state index contributed by atoms with van der Waals surface area (Å²) in [6, 6.07) is 12.4. The molecule has 0 saturated heterocycles. The molecule has 0 aliphatic carbocycles. The molecule has 37 heavy (non-hydrogen) atoms. The SMILES string of the molecule is CC(C)(O)c1ccc(-c2ccc3c(n2)Oc2c(F)cccc2C3C(C)(C)c2nc3nccnc3[nH]2)cn1. The number of rotatable bonds is 4. The van der Waals surface area contributed by atoms with Gasteiger partial charge in [-0.15, -0.1) is 0 Å². The number of aromatic amines is 1. The summed E-state index contributed by atoms with van der Waals surface area (Å²) in [6.07, 6.45) is 4.87. The minimum Gasteiger partial charge on any atom is -0.435 e. The number of pyridine rings is 2. The number of hydrogen-bond donors (Lipinski definition) is 2. The Bertz CT molecular complexity index is 1610. The molecular weight excluding hydrogens is 471 g/mol. The van der Waals surface area contributed by atoms with E-state index in [0.29, 0.717) is 40.0 Å². The molecule has 0 amide bonds. The number of fused-ring (bicyclic) bond motifs is 3. The maximum atomic E-state index is 15.0. The predicted octanol–water partition coefficient (Wildman–Crippen LogP) is 5.39. The van der Waals surface area contributed by atoms with Crippen molar-refractivity contribution in [2.75, 3.05) is 0 Å². The lowest BCUT2D eigenvalue weighted by Crippen LogP contribution is -2.32. The van der Waals surface area contributed by atoms with Gasteiger partial charge in [0, 0.05) is 46.6 Å². The zero-order chi connectivity index (χ0) is 25.9. The number of nitrogens with one attached hydrogen (secondary N) is 1. The zero-order valence-corrected chi connectivity index (χ0v) is 20.8. The van der Waals surface area contributed by atoms with Crippen molar-refractivity contribution in [1.82, 2.24) is 29.9 Å². The monoisotopic (exact) mass is 496 g/mol. The van der Waals surface area contributed by atoms with Crippen LogP contribution in [0.15, 0.2) is 61.1 Å². The average molecular weight is 497 g/mol. The molecule has 6 rings (SSSR count). The van der Waals surface area contributed by atoms with E-state index in [1.54, 1.807) is 44.6 Å². The van der Waals surface area contributed by atoms with Gasteiger partial charge in [0.15, 0.2) is 22.9 Å². The van der Waals surface area contributed by atoms with Crippen molar-refractivity contribution in [3.63, 3.8) is 0 Å². The van der Waals surface area contributed by atoms with Crippen LogP contribution in [0, 0.1) is 5.82 Å². The Morgan fingerprint density at radius 2 is 1.73 bits per heavy atom. The van der Waals surface area contributed by atoms with Crippen molar-refractivity contribution in [1.29, 1.82) is 0 Å². The number of halogens is 1. The van der Waals surface area contributed by atoms with E-state index in [2.05, 4.69) is 19.9 Å². The van der Waals surface area contributed by atoms with Crippen LogP contribution < -0.4 is 4.74 Å². The second-order valence-electron chi connectivity index (χ2n) is 10.3. The molecule has 1 aliphatic heterocycles. The molecule has 5 heterocycles. The second kappa shape index (κ2) is 8.14. The van der Waals surface area contributed by atoms with Gasteiger partial charge in [0.25, 0.3) is 0 Å². The summed E-state index contributed by atoms with van der Waals surface area (Å²) in [5.41, 5.74) is 2.90. The minimum atomic E-state index is -1.05. The van der Waals surface area contributed by atoms with Crippen LogP contribution in [-0.2, 0) is 11.0 Å². The van der Waals surface area contributed by atoms with Crippen LogP contribution in [0.1, 0.15) is 56.3 Å². The van der Waals surface area contributed by atoms with E-state index in [-0.39, 0.29) is 11.7 Å². The molecular formula is C28H25FN6O2. The van der Waals surface area contributed by atoms with E-state index in [9.17, 15) is 5.11 Å². The highest BCUT2D eigenvalue weighted by atomic mass is 19.1. The maximum Gasteiger partial charge on any atom is 0.223 e. The molecule has 0 spiro atoms. The van der Waals surface area contributed by atoms with E-state index >= 15 is 4.39 Å². The van der Waals surface area contributed by atoms with Crippen molar-refractivity contribution >= 4 is 11.3 Å². The van der Waals surface area contributed by atoms with Gasteiger partial charge < -0.3 is 14.8 Å². The fraction of sp³-hybridized carbons (Fsp3) is 0.250. The van der Waals surface area contributed by atoms with Crippen molar-refractivity contribution < 1.29 is 14.2 Å². The van der Waals surface area contributed by atoms with Crippen LogP contribution in [0.5, 0.6) is 11.6 Å². The van der Waals surface area contributed by atoms with Crippen LogP contribution in [0.25, 0.3) is 22.6 Å². The van der Waals surface area contributed by atoms with Crippen LogP contribution in [0.4, 0.5) is 4.39 Å². The molecule has 2 N–H and O–H groups in total. The van der Waals surface area contributed by atoms with Crippen molar-refractivity contribution in [2.45, 2.75) is 44.6 Å². The van der Waals surface area contributed by atoms with Crippen LogP contribution in [-0.4, -0.2) is 35.0 Å². The Morgan fingerprint density at radius 3 is 2.46 bits per heavy atom. The third-order valence-corrected chi connectivity index (χ3v) is 6.86. The highest BCUT2D eigenvalue weighted by Gasteiger charge is 2.43. The fourth-order valence-electron chi connectivity index (χ4n) is 4.91. The van der Waals surface area contributed by atoms with Gasteiger partial charge in [-0.2, -0.15) is 0 Å². The van der Waals surface area contributed by atoms with Crippen LogP contribution in [0.3, 0.4) is 0 Å². The van der Waals surface area contributed by atoms with Gasteiger partial charge in [-0.1, -0.05) is 32.0 Å². The first kappa shape index (κ1) is 23.2. The molecule has 8 nitrogen and oxygen atoms in total. The molecule has 186 valence electrons. The quantitative estimate of drug-likeness (QED) is 0.343.